The van der Waals surface area contributed by atoms with Crippen LogP contribution in [0.4, 0.5) is 0 Å². The number of alkyl halides is 1. The highest BCUT2D eigenvalue weighted by Crippen LogP contribution is 2.13. The molecule has 5 heteroatoms. The summed E-state index contributed by atoms with van der Waals surface area (Å²) in [6.07, 6.45) is 2.20. The first-order valence-electron chi connectivity index (χ1n) is 6.62. The maximum absolute atomic E-state index is 11.7. The fourth-order valence-electron chi connectivity index (χ4n) is 2.15. The SMILES string of the molecule is CC(C)CC(=O)NC1CCN(C(=O)C(C)Cl)CC1. The number of piperidine rings is 1. The smallest absolute Gasteiger partial charge is 0.240 e. The van der Waals surface area contributed by atoms with Crippen molar-refractivity contribution >= 4 is 23.4 Å². The second-order valence-electron chi connectivity index (χ2n) is 5.38. The Morgan fingerprint density at radius 1 is 1.28 bits per heavy atom. The molecular formula is C13H23ClN2O2. The Morgan fingerprint density at radius 3 is 2.28 bits per heavy atom. The Kier molecular flexibility index (Phi) is 5.93. The summed E-state index contributed by atoms with van der Waals surface area (Å²) in [6, 6.07) is 0.200. The Labute approximate surface area is 114 Å². The molecule has 0 radical (unpaired) electrons. The average molecular weight is 275 g/mol. The van der Waals surface area contributed by atoms with Gasteiger partial charge in [0.15, 0.2) is 0 Å². The molecule has 2 amide bonds. The van der Waals surface area contributed by atoms with E-state index < -0.39 is 5.38 Å². The number of hydrogen-bond donors (Lipinski definition) is 1. The lowest BCUT2D eigenvalue weighted by atomic mass is 10.0. The lowest BCUT2D eigenvalue weighted by Crippen LogP contribution is -2.48. The lowest BCUT2D eigenvalue weighted by Gasteiger charge is -2.33. The quantitative estimate of drug-likeness (QED) is 0.795. The second kappa shape index (κ2) is 6.98. The number of nitrogens with zero attached hydrogens (tertiary/aromatic N) is 1. The second-order valence-corrected chi connectivity index (χ2v) is 6.04. The number of nitrogens with one attached hydrogen (secondary N) is 1. The van der Waals surface area contributed by atoms with Gasteiger partial charge in [0.1, 0.15) is 5.38 Å². The standard InChI is InChI=1S/C13H23ClN2O2/c1-9(2)8-12(17)15-11-4-6-16(7-5-11)13(18)10(3)14/h9-11H,4-8H2,1-3H3,(H,15,17). The van der Waals surface area contributed by atoms with Gasteiger partial charge in [-0.1, -0.05) is 13.8 Å². The van der Waals surface area contributed by atoms with E-state index in [1.807, 2.05) is 13.8 Å². The molecule has 1 N–H and O–H groups in total. The fraction of sp³-hybridized carbons (Fsp3) is 0.846. The number of hydrogen-bond acceptors (Lipinski definition) is 2. The third kappa shape index (κ3) is 4.84. The van der Waals surface area contributed by atoms with Gasteiger partial charge in [-0.2, -0.15) is 0 Å². The van der Waals surface area contributed by atoms with Crippen LogP contribution in [0.2, 0.25) is 0 Å². The van der Waals surface area contributed by atoms with Gasteiger partial charge in [-0.3, -0.25) is 9.59 Å². The van der Waals surface area contributed by atoms with Crippen molar-refractivity contribution in [1.82, 2.24) is 10.2 Å². The number of likely N-dealkylation sites (tertiary alicyclic amines) is 1. The molecule has 0 aliphatic carbocycles. The van der Waals surface area contributed by atoms with E-state index >= 15 is 0 Å². The minimum absolute atomic E-state index is 0.0105. The molecule has 0 aromatic carbocycles. The monoisotopic (exact) mass is 274 g/mol. The molecule has 4 nitrogen and oxygen atoms in total. The van der Waals surface area contributed by atoms with Gasteiger partial charge in [0.2, 0.25) is 11.8 Å². The summed E-state index contributed by atoms with van der Waals surface area (Å²) in [5.41, 5.74) is 0. The lowest BCUT2D eigenvalue weighted by molar-refractivity contribution is -0.131. The molecule has 1 unspecified atom stereocenters. The molecule has 1 saturated heterocycles. The summed E-state index contributed by atoms with van der Waals surface area (Å²) in [5.74, 6) is 0.480. The van der Waals surface area contributed by atoms with Crippen molar-refractivity contribution in [3.63, 3.8) is 0 Å². The highest BCUT2D eigenvalue weighted by molar-refractivity contribution is 6.30. The molecule has 0 spiro atoms. The van der Waals surface area contributed by atoms with Crippen LogP contribution < -0.4 is 5.32 Å². The topological polar surface area (TPSA) is 49.4 Å². The summed E-state index contributed by atoms with van der Waals surface area (Å²) < 4.78 is 0. The highest BCUT2D eigenvalue weighted by Gasteiger charge is 2.25. The number of rotatable bonds is 4. The summed E-state index contributed by atoms with van der Waals surface area (Å²) >= 11 is 5.78. The van der Waals surface area contributed by atoms with Gasteiger partial charge in [-0.25, -0.2) is 0 Å². The van der Waals surface area contributed by atoms with E-state index in [1.165, 1.54) is 0 Å². The van der Waals surface area contributed by atoms with Crippen molar-refractivity contribution in [1.29, 1.82) is 0 Å². The van der Waals surface area contributed by atoms with Crippen molar-refractivity contribution in [2.24, 2.45) is 5.92 Å². The van der Waals surface area contributed by atoms with Crippen LogP contribution in [0, 0.1) is 5.92 Å². The van der Waals surface area contributed by atoms with E-state index in [-0.39, 0.29) is 17.9 Å². The zero-order chi connectivity index (χ0) is 13.7. The van der Waals surface area contributed by atoms with Crippen molar-refractivity contribution in [2.45, 2.75) is 51.5 Å². The van der Waals surface area contributed by atoms with Gasteiger partial charge in [0, 0.05) is 25.6 Å². The van der Waals surface area contributed by atoms with Gasteiger partial charge < -0.3 is 10.2 Å². The Balaban J connectivity index is 2.31. The van der Waals surface area contributed by atoms with Crippen LogP contribution in [0.5, 0.6) is 0 Å². The molecule has 0 aromatic rings. The van der Waals surface area contributed by atoms with E-state index in [0.717, 1.165) is 12.8 Å². The summed E-state index contributed by atoms with van der Waals surface area (Å²) in [5, 5.41) is 2.57. The van der Waals surface area contributed by atoms with Gasteiger partial charge in [0.05, 0.1) is 0 Å². The van der Waals surface area contributed by atoms with E-state index in [0.29, 0.717) is 25.4 Å². The number of amides is 2. The minimum atomic E-state index is -0.461. The number of carbonyl (C=O) groups is 2. The maximum Gasteiger partial charge on any atom is 0.240 e. The van der Waals surface area contributed by atoms with Gasteiger partial charge >= 0.3 is 0 Å². The maximum atomic E-state index is 11.7. The van der Waals surface area contributed by atoms with E-state index in [1.54, 1.807) is 11.8 Å². The third-order valence-corrected chi connectivity index (χ3v) is 3.29. The van der Waals surface area contributed by atoms with Gasteiger partial charge in [-0.15, -0.1) is 11.6 Å². The van der Waals surface area contributed by atoms with Gasteiger partial charge in [-0.05, 0) is 25.7 Å². The van der Waals surface area contributed by atoms with Gasteiger partial charge in [0.25, 0.3) is 0 Å². The predicted octanol–water partition coefficient (Wildman–Crippen LogP) is 1.77. The van der Waals surface area contributed by atoms with E-state index in [2.05, 4.69) is 5.32 Å². The molecule has 104 valence electrons. The molecule has 0 saturated carbocycles. The molecular weight excluding hydrogens is 252 g/mol. The van der Waals surface area contributed by atoms with Crippen LogP contribution in [0.15, 0.2) is 0 Å². The van der Waals surface area contributed by atoms with E-state index in [4.69, 9.17) is 11.6 Å². The summed E-state index contributed by atoms with van der Waals surface area (Å²) in [4.78, 5) is 25.1. The van der Waals surface area contributed by atoms with Crippen molar-refractivity contribution in [3.05, 3.63) is 0 Å². The largest absolute Gasteiger partial charge is 0.353 e. The molecule has 0 bridgehead atoms. The van der Waals surface area contributed by atoms with Crippen LogP contribution in [0.25, 0.3) is 0 Å². The number of halogens is 1. The predicted molar refractivity (Wildman–Crippen MR) is 72.5 cm³/mol. The third-order valence-electron chi connectivity index (χ3n) is 3.11. The van der Waals surface area contributed by atoms with Crippen molar-refractivity contribution < 1.29 is 9.59 Å². The molecule has 1 aliphatic heterocycles. The zero-order valence-electron chi connectivity index (χ0n) is 11.4. The van der Waals surface area contributed by atoms with Crippen LogP contribution in [0.3, 0.4) is 0 Å². The zero-order valence-corrected chi connectivity index (χ0v) is 12.2. The first-order chi connectivity index (χ1) is 8.40. The molecule has 1 atom stereocenters. The van der Waals surface area contributed by atoms with Crippen molar-refractivity contribution in [2.75, 3.05) is 13.1 Å². The first kappa shape index (κ1) is 15.3. The first-order valence-corrected chi connectivity index (χ1v) is 7.06. The van der Waals surface area contributed by atoms with Crippen LogP contribution in [0.1, 0.15) is 40.0 Å². The normalized spacial score (nSPS) is 18.8. The average Bonchev–Trinajstić information content (AvgIpc) is 2.27. The van der Waals surface area contributed by atoms with Crippen LogP contribution >= 0.6 is 11.6 Å². The molecule has 0 aromatic heterocycles. The van der Waals surface area contributed by atoms with Crippen molar-refractivity contribution in [3.8, 4) is 0 Å². The Morgan fingerprint density at radius 2 is 1.83 bits per heavy atom. The molecule has 1 rings (SSSR count). The fourth-order valence-corrected chi connectivity index (χ4v) is 2.29. The molecule has 18 heavy (non-hydrogen) atoms. The summed E-state index contributed by atoms with van der Waals surface area (Å²) in [6.45, 7) is 7.12. The minimum Gasteiger partial charge on any atom is -0.353 e. The van der Waals surface area contributed by atoms with Crippen LogP contribution in [-0.4, -0.2) is 41.2 Å². The molecule has 1 fully saturated rings. The Bertz CT molecular complexity index is 297. The number of carbonyl (C=O) groups excluding carboxylic acids is 2. The summed E-state index contributed by atoms with van der Waals surface area (Å²) in [7, 11) is 0. The van der Waals surface area contributed by atoms with E-state index in [9.17, 15) is 9.59 Å². The highest BCUT2D eigenvalue weighted by atomic mass is 35.5. The molecule has 1 heterocycles. The molecule has 1 aliphatic rings. The Hall–Kier alpha value is -0.770. The van der Waals surface area contributed by atoms with Crippen LogP contribution in [-0.2, 0) is 9.59 Å².